The van der Waals surface area contributed by atoms with Crippen LogP contribution < -0.4 is 10.5 Å². The summed E-state index contributed by atoms with van der Waals surface area (Å²) >= 11 is 5.81. The first kappa shape index (κ1) is 15.4. The maximum Gasteiger partial charge on any atom is 0.243 e. The van der Waals surface area contributed by atoms with E-state index in [4.69, 9.17) is 22.6 Å². The number of amides is 1. The summed E-state index contributed by atoms with van der Waals surface area (Å²) in [4.78, 5) is 10.9. The number of nitrogens with zero attached hydrogens (tertiary/aromatic N) is 1. The van der Waals surface area contributed by atoms with Crippen LogP contribution in [0.5, 0.6) is 0 Å². The molecular weight excluding hydrogens is 290 g/mol. The number of hydrogen-bond donors (Lipinski definition) is 2. The van der Waals surface area contributed by atoms with Crippen molar-refractivity contribution in [2.24, 2.45) is 5.73 Å². The number of nitriles is 1. The second-order valence-electron chi connectivity index (χ2n) is 4.35. The minimum absolute atomic E-state index is 0.105. The molecule has 1 aromatic carbocycles. The number of halogens is 1. The van der Waals surface area contributed by atoms with Crippen LogP contribution in [0.2, 0.25) is 5.02 Å². The minimum atomic E-state index is -4.01. The Morgan fingerprint density at radius 2 is 2.05 bits per heavy atom. The van der Waals surface area contributed by atoms with Crippen molar-refractivity contribution in [2.75, 3.05) is 0 Å². The number of rotatable bonds is 4. The molecular formula is C11H12ClN3O3S. The maximum atomic E-state index is 12.1. The first-order valence-corrected chi connectivity index (χ1v) is 7.00. The zero-order valence-corrected chi connectivity index (χ0v) is 11.8. The van der Waals surface area contributed by atoms with Crippen molar-refractivity contribution >= 4 is 27.5 Å². The molecule has 0 unspecified atom stereocenters. The molecule has 0 heterocycles. The van der Waals surface area contributed by atoms with Crippen LogP contribution in [-0.2, 0) is 14.8 Å². The molecule has 0 aliphatic heterocycles. The van der Waals surface area contributed by atoms with E-state index < -0.39 is 21.5 Å². The Labute approximate surface area is 116 Å². The lowest BCUT2D eigenvalue weighted by atomic mass is 10.1. The van der Waals surface area contributed by atoms with Crippen LogP contribution in [0.1, 0.15) is 19.4 Å². The monoisotopic (exact) mass is 301 g/mol. The number of primary amides is 1. The van der Waals surface area contributed by atoms with Crippen LogP contribution in [-0.4, -0.2) is 19.9 Å². The molecule has 0 atom stereocenters. The SMILES string of the molecule is CC(C)(NS(=O)(=O)c1ccc(C#N)cc1Cl)C(N)=O. The number of carbonyl (C=O) groups excluding carboxylic acids is 1. The third-order valence-electron chi connectivity index (χ3n) is 2.36. The van der Waals surface area contributed by atoms with Gasteiger partial charge in [-0.1, -0.05) is 11.6 Å². The molecule has 0 spiro atoms. The molecule has 0 bridgehead atoms. The van der Waals surface area contributed by atoms with Crippen molar-refractivity contribution in [3.05, 3.63) is 28.8 Å². The third-order valence-corrected chi connectivity index (χ3v) is 4.49. The van der Waals surface area contributed by atoms with Crippen LogP contribution >= 0.6 is 11.6 Å². The highest BCUT2D eigenvalue weighted by Gasteiger charge is 2.32. The summed E-state index contributed by atoms with van der Waals surface area (Å²) in [7, 11) is -4.01. The van der Waals surface area contributed by atoms with Crippen molar-refractivity contribution in [1.29, 1.82) is 5.26 Å². The van der Waals surface area contributed by atoms with E-state index in [9.17, 15) is 13.2 Å². The highest BCUT2D eigenvalue weighted by atomic mass is 35.5. The van der Waals surface area contributed by atoms with Crippen molar-refractivity contribution in [2.45, 2.75) is 24.3 Å². The zero-order chi connectivity index (χ0) is 14.8. The Kier molecular flexibility index (Phi) is 4.20. The van der Waals surface area contributed by atoms with Crippen LogP contribution in [0.15, 0.2) is 23.1 Å². The molecule has 0 aliphatic rings. The Balaban J connectivity index is 3.23. The van der Waals surface area contributed by atoms with Crippen molar-refractivity contribution in [3.8, 4) is 6.07 Å². The average Bonchev–Trinajstić information content (AvgIpc) is 2.26. The summed E-state index contributed by atoms with van der Waals surface area (Å²) in [6.07, 6.45) is 0. The number of nitrogens with two attached hydrogens (primary N) is 1. The molecule has 1 aromatic rings. The van der Waals surface area contributed by atoms with Gasteiger partial charge in [-0.15, -0.1) is 0 Å². The summed E-state index contributed by atoms with van der Waals surface area (Å²) in [6.45, 7) is 2.68. The van der Waals surface area contributed by atoms with Crippen LogP contribution in [0, 0.1) is 11.3 Å². The summed E-state index contributed by atoms with van der Waals surface area (Å²) in [6, 6.07) is 5.58. The van der Waals surface area contributed by atoms with E-state index in [0.717, 1.165) is 0 Å². The molecule has 0 saturated heterocycles. The van der Waals surface area contributed by atoms with Crippen molar-refractivity contribution in [1.82, 2.24) is 4.72 Å². The summed E-state index contributed by atoms with van der Waals surface area (Å²) in [5.41, 5.74) is 3.88. The summed E-state index contributed by atoms with van der Waals surface area (Å²) in [5.74, 6) is -0.819. The van der Waals surface area contributed by atoms with Crippen LogP contribution in [0.4, 0.5) is 0 Å². The molecule has 0 aromatic heterocycles. The van der Waals surface area contributed by atoms with Crippen molar-refractivity contribution < 1.29 is 13.2 Å². The Morgan fingerprint density at radius 1 is 1.47 bits per heavy atom. The van der Waals surface area contributed by atoms with E-state index in [0.29, 0.717) is 0 Å². The fraction of sp³-hybridized carbons (Fsp3) is 0.273. The lowest BCUT2D eigenvalue weighted by molar-refractivity contribution is -0.122. The van der Waals surface area contributed by atoms with E-state index in [1.54, 1.807) is 0 Å². The van der Waals surface area contributed by atoms with Gasteiger partial charge in [-0.3, -0.25) is 4.79 Å². The van der Waals surface area contributed by atoms with Gasteiger partial charge in [0.05, 0.1) is 16.7 Å². The van der Waals surface area contributed by atoms with Crippen LogP contribution in [0.25, 0.3) is 0 Å². The van der Waals surface area contributed by atoms with E-state index in [1.807, 2.05) is 6.07 Å². The van der Waals surface area contributed by atoms with Gasteiger partial charge < -0.3 is 5.73 Å². The van der Waals surface area contributed by atoms with Gasteiger partial charge in [0, 0.05) is 0 Å². The zero-order valence-electron chi connectivity index (χ0n) is 10.3. The van der Waals surface area contributed by atoms with Gasteiger partial charge in [0.25, 0.3) is 0 Å². The number of sulfonamides is 1. The van der Waals surface area contributed by atoms with Gasteiger partial charge in [-0.25, -0.2) is 8.42 Å². The largest absolute Gasteiger partial charge is 0.368 e. The average molecular weight is 302 g/mol. The standard InChI is InChI=1S/C11H12ClN3O3S/c1-11(2,10(14)16)15-19(17,18)9-4-3-7(6-13)5-8(9)12/h3-5,15H,1-2H3,(H2,14,16). The fourth-order valence-electron chi connectivity index (χ4n) is 1.23. The second kappa shape index (κ2) is 5.17. The smallest absolute Gasteiger partial charge is 0.243 e. The third kappa shape index (κ3) is 3.44. The van der Waals surface area contributed by atoms with Crippen LogP contribution in [0.3, 0.4) is 0 Å². The summed E-state index contributed by atoms with van der Waals surface area (Å²) in [5, 5.41) is 8.58. The van der Waals surface area contributed by atoms with Gasteiger partial charge >= 0.3 is 0 Å². The predicted octanol–water partition coefficient (Wildman–Crippen LogP) is 0.754. The predicted molar refractivity (Wildman–Crippen MR) is 69.8 cm³/mol. The molecule has 0 radical (unpaired) electrons. The first-order valence-electron chi connectivity index (χ1n) is 5.14. The topological polar surface area (TPSA) is 113 Å². The maximum absolute atomic E-state index is 12.1. The minimum Gasteiger partial charge on any atom is -0.368 e. The Morgan fingerprint density at radius 3 is 2.47 bits per heavy atom. The second-order valence-corrected chi connectivity index (χ2v) is 6.41. The van der Waals surface area contributed by atoms with Gasteiger partial charge in [0.1, 0.15) is 10.4 Å². The molecule has 1 amide bonds. The highest BCUT2D eigenvalue weighted by Crippen LogP contribution is 2.23. The summed E-state index contributed by atoms with van der Waals surface area (Å²) < 4.78 is 26.3. The molecule has 0 aliphatic carbocycles. The molecule has 3 N–H and O–H groups in total. The molecule has 6 nitrogen and oxygen atoms in total. The first-order chi connectivity index (χ1) is 8.60. The molecule has 102 valence electrons. The molecule has 0 saturated carbocycles. The van der Waals surface area contributed by atoms with E-state index >= 15 is 0 Å². The number of carbonyl (C=O) groups is 1. The van der Waals surface area contributed by atoms with E-state index in [2.05, 4.69) is 4.72 Å². The highest BCUT2D eigenvalue weighted by molar-refractivity contribution is 7.89. The quantitative estimate of drug-likeness (QED) is 0.854. The van der Waals surface area contributed by atoms with Gasteiger partial charge in [0.15, 0.2) is 0 Å². The van der Waals surface area contributed by atoms with E-state index in [-0.39, 0.29) is 15.5 Å². The normalized spacial score (nSPS) is 11.9. The lowest BCUT2D eigenvalue weighted by Gasteiger charge is -2.22. The van der Waals surface area contributed by atoms with Gasteiger partial charge in [-0.2, -0.15) is 9.98 Å². The fourth-order valence-corrected chi connectivity index (χ4v) is 3.16. The molecule has 19 heavy (non-hydrogen) atoms. The molecule has 0 fully saturated rings. The number of nitrogens with one attached hydrogen (secondary N) is 1. The number of benzene rings is 1. The van der Waals surface area contributed by atoms with Gasteiger partial charge in [-0.05, 0) is 32.0 Å². The van der Waals surface area contributed by atoms with E-state index in [1.165, 1.54) is 32.0 Å². The molecule has 8 heteroatoms. The van der Waals surface area contributed by atoms with Gasteiger partial charge in [0.2, 0.25) is 15.9 Å². The van der Waals surface area contributed by atoms with Crippen molar-refractivity contribution in [3.63, 3.8) is 0 Å². The Hall–Kier alpha value is -1.62. The molecule has 1 rings (SSSR count). The Bertz CT molecular complexity index is 662. The number of hydrogen-bond acceptors (Lipinski definition) is 4. The lowest BCUT2D eigenvalue weighted by Crippen LogP contribution is -2.52.